The van der Waals surface area contributed by atoms with Gasteiger partial charge < -0.3 is 9.84 Å². The maximum Gasteiger partial charge on any atom is 0.408 e. The number of thioether (sulfide) groups is 1. The number of hydrogen-bond acceptors (Lipinski definition) is 4. The predicted octanol–water partition coefficient (Wildman–Crippen LogP) is 5.93. The monoisotopic (exact) mass is 462 g/mol. The van der Waals surface area contributed by atoms with Crippen molar-refractivity contribution in [1.29, 1.82) is 0 Å². The van der Waals surface area contributed by atoms with Crippen LogP contribution in [0.5, 0.6) is 5.75 Å². The van der Waals surface area contributed by atoms with Crippen molar-refractivity contribution in [2.45, 2.75) is 21.9 Å². The zero-order valence-corrected chi connectivity index (χ0v) is 17.6. The van der Waals surface area contributed by atoms with Crippen molar-refractivity contribution >= 4 is 17.5 Å². The quantitative estimate of drug-likeness (QED) is 0.386. The summed E-state index contributed by atoms with van der Waals surface area (Å²) in [5.41, 5.74) is -0.0614. The molecule has 3 aromatic rings. The fraction of sp³-hybridized carbons (Fsp3) is 0.208. The molecule has 0 saturated heterocycles. The Balaban J connectivity index is 1.97. The Morgan fingerprint density at radius 1 is 1.00 bits per heavy atom. The number of halogens is 4. The summed E-state index contributed by atoms with van der Waals surface area (Å²) >= 11 is 0.460. The Morgan fingerprint density at radius 2 is 1.62 bits per heavy atom. The molecule has 1 N–H and O–H groups in total. The van der Waals surface area contributed by atoms with Crippen molar-refractivity contribution < 1.29 is 32.2 Å². The van der Waals surface area contributed by atoms with Crippen LogP contribution in [-0.4, -0.2) is 24.2 Å². The summed E-state index contributed by atoms with van der Waals surface area (Å²) in [6.45, 7) is 0. The Labute approximate surface area is 186 Å². The molecule has 1 aliphatic heterocycles. The zero-order valence-electron chi connectivity index (χ0n) is 16.8. The highest BCUT2D eigenvalue weighted by molar-refractivity contribution is 8.00. The number of ketones is 1. The van der Waals surface area contributed by atoms with E-state index in [0.29, 0.717) is 17.5 Å². The van der Waals surface area contributed by atoms with Gasteiger partial charge in [0.1, 0.15) is 11.6 Å². The average Bonchev–Trinajstić information content (AvgIpc) is 2.78. The number of ether oxygens (including phenoxy) is 1. The van der Waals surface area contributed by atoms with Gasteiger partial charge in [0.2, 0.25) is 0 Å². The summed E-state index contributed by atoms with van der Waals surface area (Å²) in [6, 6.07) is 15.7. The number of fused-ring (bicyclic) bond motifs is 1. The molecular weight excluding hydrogens is 444 g/mol. The Bertz CT molecular complexity index is 1130. The van der Waals surface area contributed by atoms with E-state index in [4.69, 9.17) is 4.74 Å². The largest absolute Gasteiger partial charge is 0.497 e. The number of methoxy groups -OCH3 is 1. The van der Waals surface area contributed by atoms with Crippen LogP contribution in [0.2, 0.25) is 0 Å². The molecule has 3 atom stereocenters. The number of carbonyl (C=O) groups excluding carboxylic acids is 1. The summed E-state index contributed by atoms with van der Waals surface area (Å²) in [5.74, 6) is -3.04. The number of rotatable bonds is 4. The summed E-state index contributed by atoms with van der Waals surface area (Å²) in [7, 11) is 1.43. The van der Waals surface area contributed by atoms with Crippen molar-refractivity contribution in [3.05, 3.63) is 95.3 Å². The van der Waals surface area contributed by atoms with Crippen molar-refractivity contribution in [1.82, 2.24) is 0 Å². The normalized spacial score (nSPS) is 22.8. The molecule has 3 nitrogen and oxygen atoms in total. The van der Waals surface area contributed by atoms with Crippen LogP contribution < -0.4 is 4.74 Å². The summed E-state index contributed by atoms with van der Waals surface area (Å²) in [5, 5.41) is 11.1. The first kappa shape index (κ1) is 22.4. The molecule has 32 heavy (non-hydrogen) atoms. The van der Waals surface area contributed by atoms with Gasteiger partial charge in [0, 0.05) is 10.5 Å². The maximum atomic E-state index is 14.9. The molecule has 3 aromatic carbocycles. The van der Waals surface area contributed by atoms with Crippen LogP contribution in [0.15, 0.2) is 77.7 Å². The van der Waals surface area contributed by atoms with Crippen molar-refractivity contribution in [3.8, 4) is 5.75 Å². The van der Waals surface area contributed by atoms with E-state index in [1.165, 1.54) is 43.5 Å². The van der Waals surface area contributed by atoms with E-state index in [9.17, 15) is 27.5 Å². The van der Waals surface area contributed by atoms with Gasteiger partial charge >= 0.3 is 6.18 Å². The molecular formula is C24H18F4O3S. The number of Topliss-reactive ketones (excluding diaryl/α,β-unsaturated/α-hetero) is 1. The number of alkyl halides is 3. The van der Waals surface area contributed by atoms with Gasteiger partial charge in [0.15, 0.2) is 10.5 Å². The Hall–Kier alpha value is -2.84. The van der Waals surface area contributed by atoms with E-state index in [1.807, 2.05) is 0 Å². The van der Waals surface area contributed by atoms with Gasteiger partial charge in [-0.05, 0) is 53.6 Å². The minimum atomic E-state index is -4.95. The standard InChI is InChI=1S/C24H18F4O3S/c1-31-17-12-6-14(7-13-17)21(29)20-22(30)18-4-2-3-5-19(18)32-23(20,24(26,27)28)15-8-10-16(25)11-9-15/h2-13,20,22,30H,1H3/t20-,22+,23-/m1/s1. The van der Waals surface area contributed by atoms with E-state index in [1.54, 1.807) is 12.1 Å². The van der Waals surface area contributed by atoms with Crippen molar-refractivity contribution in [2.75, 3.05) is 7.11 Å². The van der Waals surface area contributed by atoms with E-state index in [0.717, 1.165) is 24.3 Å². The first-order chi connectivity index (χ1) is 15.2. The molecule has 1 aliphatic rings. The van der Waals surface area contributed by atoms with Gasteiger partial charge in [-0.3, -0.25) is 4.79 Å². The third-order valence-electron chi connectivity index (χ3n) is 5.61. The van der Waals surface area contributed by atoms with Crippen molar-refractivity contribution in [3.63, 3.8) is 0 Å². The summed E-state index contributed by atoms with van der Waals surface area (Å²) in [4.78, 5) is 13.7. The van der Waals surface area contributed by atoms with Crippen LogP contribution in [0.1, 0.15) is 27.6 Å². The Kier molecular flexibility index (Phi) is 5.77. The Morgan fingerprint density at radius 3 is 2.22 bits per heavy atom. The lowest BCUT2D eigenvalue weighted by molar-refractivity contribution is -0.180. The molecule has 0 radical (unpaired) electrons. The molecule has 0 aliphatic carbocycles. The highest BCUT2D eigenvalue weighted by Gasteiger charge is 2.67. The number of benzene rings is 3. The molecule has 4 rings (SSSR count). The van der Waals surface area contributed by atoms with Gasteiger partial charge in [-0.1, -0.05) is 30.3 Å². The molecule has 0 amide bonds. The lowest BCUT2D eigenvalue weighted by Crippen LogP contribution is -2.53. The van der Waals surface area contributed by atoms with Crippen LogP contribution in [0.3, 0.4) is 0 Å². The van der Waals surface area contributed by atoms with E-state index in [-0.39, 0.29) is 21.6 Å². The summed E-state index contributed by atoms with van der Waals surface area (Å²) in [6.07, 6.45) is -6.68. The third-order valence-corrected chi connectivity index (χ3v) is 7.25. The van der Waals surface area contributed by atoms with Crippen LogP contribution in [0.25, 0.3) is 0 Å². The van der Waals surface area contributed by atoms with E-state index in [2.05, 4.69) is 0 Å². The number of aliphatic hydroxyl groups is 1. The SMILES string of the molecule is COc1ccc(C(=O)[C@@H]2[C@@H](O)c3ccccc3S[C@@]2(c2ccc(F)cc2)C(F)(F)F)cc1. The molecule has 166 valence electrons. The van der Waals surface area contributed by atoms with Crippen LogP contribution in [-0.2, 0) is 4.75 Å². The lowest BCUT2D eigenvalue weighted by Gasteiger charge is -2.46. The molecule has 8 heteroatoms. The van der Waals surface area contributed by atoms with Crippen LogP contribution in [0.4, 0.5) is 17.6 Å². The molecule has 0 unspecified atom stereocenters. The average molecular weight is 462 g/mol. The molecule has 0 spiro atoms. The lowest BCUT2D eigenvalue weighted by atomic mass is 9.74. The number of carbonyl (C=O) groups is 1. The second kappa shape index (κ2) is 8.26. The summed E-state index contributed by atoms with van der Waals surface area (Å²) < 4.78 is 60.5. The third kappa shape index (κ3) is 3.57. The predicted molar refractivity (Wildman–Crippen MR) is 112 cm³/mol. The molecule has 0 fully saturated rings. The minimum absolute atomic E-state index is 0.00516. The van der Waals surface area contributed by atoms with Gasteiger partial charge in [-0.15, -0.1) is 11.8 Å². The maximum absolute atomic E-state index is 14.9. The highest BCUT2D eigenvalue weighted by Crippen LogP contribution is 2.64. The van der Waals surface area contributed by atoms with Crippen LogP contribution in [0, 0.1) is 11.7 Å². The topological polar surface area (TPSA) is 46.5 Å². The first-order valence-corrected chi connectivity index (χ1v) is 10.5. The zero-order chi connectivity index (χ0) is 23.1. The second-order valence-corrected chi connectivity index (χ2v) is 8.68. The molecule has 1 heterocycles. The fourth-order valence-corrected chi connectivity index (χ4v) is 5.59. The van der Waals surface area contributed by atoms with E-state index >= 15 is 0 Å². The highest BCUT2D eigenvalue weighted by atomic mass is 32.2. The van der Waals surface area contributed by atoms with E-state index < -0.39 is 34.5 Å². The molecule has 0 bridgehead atoms. The second-order valence-electron chi connectivity index (χ2n) is 7.40. The van der Waals surface area contributed by atoms with Gasteiger partial charge in [0.05, 0.1) is 19.1 Å². The molecule has 0 saturated carbocycles. The number of aliphatic hydroxyl groups excluding tert-OH is 1. The van der Waals surface area contributed by atoms with Crippen LogP contribution >= 0.6 is 11.8 Å². The fourth-order valence-electron chi connectivity index (χ4n) is 4.05. The van der Waals surface area contributed by atoms with Gasteiger partial charge in [0.25, 0.3) is 0 Å². The molecule has 0 aromatic heterocycles. The van der Waals surface area contributed by atoms with Gasteiger partial charge in [-0.2, -0.15) is 13.2 Å². The smallest absolute Gasteiger partial charge is 0.408 e. The van der Waals surface area contributed by atoms with Gasteiger partial charge in [-0.25, -0.2) is 4.39 Å². The minimum Gasteiger partial charge on any atom is -0.497 e. The number of hydrogen-bond donors (Lipinski definition) is 1. The van der Waals surface area contributed by atoms with Crippen molar-refractivity contribution in [2.24, 2.45) is 5.92 Å². The first-order valence-electron chi connectivity index (χ1n) is 9.66.